The lowest BCUT2D eigenvalue weighted by Crippen LogP contribution is -2.62. The topological polar surface area (TPSA) is 63.6 Å². The van der Waals surface area contributed by atoms with Crippen LogP contribution < -0.4 is 0 Å². The molecule has 0 amide bonds. The lowest BCUT2D eigenvalue weighted by molar-refractivity contribution is -0.189. The lowest BCUT2D eigenvalue weighted by Gasteiger charge is -2.60. The fraction of sp³-hybridized carbons (Fsp3) is 0.818. The minimum absolute atomic E-state index is 0.0367. The van der Waals surface area contributed by atoms with Gasteiger partial charge in [0.25, 0.3) is 0 Å². The molecule has 6 atom stereocenters. The number of carbonyl (C=O) groups is 2. The van der Waals surface area contributed by atoms with Crippen LogP contribution in [0.1, 0.15) is 73.6 Å². The summed E-state index contributed by atoms with van der Waals surface area (Å²) in [6.07, 6.45) is 5.50. The molecule has 0 heterocycles. The van der Waals surface area contributed by atoms with Gasteiger partial charge in [0.1, 0.15) is 11.7 Å². The van der Waals surface area contributed by atoms with E-state index in [1.807, 2.05) is 6.92 Å². The zero-order chi connectivity index (χ0) is 19.9. The molecule has 4 heteroatoms. The largest absolute Gasteiger partial charge is 0.462 e. The highest BCUT2D eigenvalue weighted by atomic mass is 16.5. The molecule has 0 bridgehead atoms. The maximum atomic E-state index is 12.9. The summed E-state index contributed by atoms with van der Waals surface area (Å²) < 4.78 is 5.58. The van der Waals surface area contributed by atoms with Crippen LogP contribution in [0.25, 0.3) is 0 Å². The van der Waals surface area contributed by atoms with Crippen molar-refractivity contribution in [3.8, 4) is 0 Å². The van der Waals surface area contributed by atoms with Crippen LogP contribution in [0.5, 0.6) is 0 Å². The highest BCUT2D eigenvalue weighted by Gasteiger charge is 2.61. The smallest absolute Gasteiger partial charge is 0.302 e. The Labute approximate surface area is 158 Å². The van der Waals surface area contributed by atoms with Crippen molar-refractivity contribution in [2.45, 2.75) is 85.4 Å². The number of rotatable bonds is 5. The van der Waals surface area contributed by atoms with Crippen LogP contribution in [-0.4, -0.2) is 28.6 Å². The van der Waals surface area contributed by atoms with Gasteiger partial charge in [-0.25, -0.2) is 0 Å². The van der Waals surface area contributed by atoms with Crippen LogP contribution in [0.4, 0.5) is 0 Å². The Morgan fingerprint density at radius 1 is 1.35 bits per heavy atom. The molecule has 2 aliphatic carbocycles. The number of ketones is 1. The van der Waals surface area contributed by atoms with Crippen LogP contribution in [0.3, 0.4) is 0 Å². The third-order valence-corrected chi connectivity index (χ3v) is 7.45. The number of esters is 1. The Balaban J connectivity index is 2.44. The Hall–Kier alpha value is -1.16. The molecule has 0 aromatic rings. The molecule has 148 valence electrons. The monoisotopic (exact) mass is 364 g/mol. The number of ether oxygens (including phenoxy) is 1. The van der Waals surface area contributed by atoms with Crippen LogP contribution >= 0.6 is 0 Å². The minimum Gasteiger partial charge on any atom is -0.462 e. The van der Waals surface area contributed by atoms with E-state index in [9.17, 15) is 14.7 Å². The lowest BCUT2D eigenvalue weighted by atomic mass is 9.44. The van der Waals surface area contributed by atoms with Gasteiger partial charge in [0.15, 0.2) is 5.78 Å². The first-order chi connectivity index (χ1) is 11.9. The average Bonchev–Trinajstić information content (AvgIpc) is 2.51. The highest BCUT2D eigenvalue weighted by Crippen LogP contribution is 2.62. The summed E-state index contributed by atoms with van der Waals surface area (Å²) in [5.74, 6) is -0.458. The van der Waals surface area contributed by atoms with Crippen molar-refractivity contribution in [3.63, 3.8) is 0 Å². The molecule has 0 spiro atoms. The molecular weight excluding hydrogens is 328 g/mol. The summed E-state index contributed by atoms with van der Waals surface area (Å²) in [7, 11) is 0. The summed E-state index contributed by atoms with van der Waals surface area (Å²) in [6, 6.07) is 0. The predicted octanol–water partition coefficient (Wildman–Crippen LogP) is 4.30. The van der Waals surface area contributed by atoms with Crippen molar-refractivity contribution in [2.75, 3.05) is 0 Å². The number of carbonyl (C=O) groups excluding carboxylic acids is 2. The van der Waals surface area contributed by atoms with Crippen molar-refractivity contribution < 1.29 is 19.4 Å². The van der Waals surface area contributed by atoms with Gasteiger partial charge >= 0.3 is 5.97 Å². The summed E-state index contributed by atoms with van der Waals surface area (Å²) in [4.78, 5) is 24.5. The number of hydrogen-bond donors (Lipinski definition) is 1. The third kappa shape index (κ3) is 3.62. The van der Waals surface area contributed by atoms with Crippen LogP contribution in [0.2, 0.25) is 0 Å². The molecule has 0 saturated heterocycles. The van der Waals surface area contributed by atoms with E-state index in [4.69, 9.17) is 4.74 Å². The molecule has 26 heavy (non-hydrogen) atoms. The fourth-order valence-corrected chi connectivity index (χ4v) is 5.79. The van der Waals surface area contributed by atoms with E-state index in [0.29, 0.717) is 12.8 Å². The summed E-state index contributed by atoms with van der Waals surface area (Å²) in [5, 5.41) is 11.2. The molecule has 2 saturated carbocycles. The second-order valence-corrected chi connectivity index (χ2v) is 9.71. The molecule has 0 unspecified atom stereocenters. The standard InChI is InChI=1S/C22H36O4/c1-8-14(2)16(26-15(3)23)12-18-21(6)11-9-10-20(4,5)17(21)13-19(24)22(18,7)25/h8,14,16-18,25H,1,9-13H2,2-7H3/t14-,16+,17+,18-,21+,22+/m1/s1. The second kappa shape index (κ2) is 7.10. The highest BCUT2D eigenvalue weighted by molar-refractivity contribution is 5.88. The molecule has 0 aromatic heterocycles. The van der Waals surface area contributed by atoms with Crippen LogP contribution in [-0.2, 0) is 14.3 Å². The first kappa shape index (κ1) is 21.1. The predicted molar refractivity (Wildman–Crippen MR) is 102 cm³/mol. The molecule has 2 aliphatic rings. The normalized spacial score (nSPS) is 38.8. The minimum atomic E-state index is -1.39. The summed E-state index contributed by atoms with van der Waals surface area (Å²) in [5.41, 5.74) is -1.48. The molecular formula is C22H36O4. The Bertz CT molecular complexity index is 577. The van der Waals surface area contributed by atoms with E-state index in [1.165, 1.54) is 6.92 Å². The van der Waals surface area contributed by atoms with Gasteiger partial charge in [-0.2, -0.15) is 0 Å². The summed E-state index contributed by atoms with van der Waals surface area (Å²) >= 11 is 0. The van der Waals surface area contributed by atoms with Gasteiger partial charge in [0.05, 0.1) is 0 Å². The third-order valence-electron chi connectivity index (χ3n) is 7.45. The Morgan fingerprint density at radius 3 is 2.50 bits per heavy atom. The van der Waals surface area contributed by atoms with Crippen molar-refractivity contribution in [1.82, 2.24) is 0 Å². The molecule has 2 rings (SSSR count). The number of aliphatic hydroxyl groups is 1. The van der Waals surface area contributed by atoms with Gasteiger partial charge in [0, 0.05) is 25.2 Å². The zero-order valence-corrected chi connectivity index (χ0v) is 17.3. The van der Waals surface area contributed by atoms with E-state index >= 15 is 0 Å². The quantitative estimate of drug-likeness (QED) is 0.583. The first-order valence-corrected chi connectivity index (χ1v) is 9.91. The average molecular weight is 365 g/mol. The SMILES string of the molecule is C=C[C@@H](C)[C@H](C[C@@H]1[C@@]2(C)CCCC(C)(C)[C@@H]2CC(=O)[C@@]1(C)O)OC(C)=O. The maximum Gasteiger partial charge on any atom is 0.302 e. The van der Waals surface area contributed by atoms with E-state index in [1.54, 1.807) is 13.0 Å². The molecule has 0 radical (unpaired) electrons. The number of Topliss-reactive ketones (excluding diaryl/α,β-unsaturated/α-hetero) is 1. The first-order valence-electron chi connectivity index (χ1n) is 9.91. The van der Waals surface area contributed by atoms with Crippen molar-refractivity contribution in [2.24, 2.45) is 28.6 Å². The van der Waals surface area contributed by atoms with E-state index in [-0.39, 0.29) is 46.4 Å². The van der Waals surface area contributed by atoms with Gasteiger partial charge in [-0.15, -0.1) is 6.58 Å². The number of fused-ring (bicyclic) bond motifs is 1. The molecule has 2 fully saturated rings. The van der Waals surface area contributed by atoms with Crippen molar-refractivity contribution >= 4 is 11.8 Å². The van der Waals surface area contributed by atoms with Gasteiger partial charge in [-0.1, -0.05) is 40.2 Å². The van der Waals surface area contributed by atoms with Crippen LogP contribution in [0.15, 0.2) is 12.7 Å². The van der Waals surface area contributed by atoms with Crippen molar-refractivity contribution in [3.05, 3.63) is 12.7 Å². The Kier molecular flexibility index (Phi) is 5.78. The molecule has 4 nitrogen and oxygen atoms in total. The molecule has 0 aromatic carbocycles. The fourth-order valence-electron chi connectivity index (χ4n) is 5.79. The Morgan fingerprint density at radius 2 is 1.96 bits per heavy atom. The van der Waals surface area contributed by atoms with Gasteiger partial charge < -0.3 is 9.84 Å². The van der Waals surface area contributed by atoms with E-state index in [2.05, 4.69) is 27.4 Å². The maximum absolute atomic E-state index is 12.9. The van der Waals surface area contributed by atoms with Crippen molar-refractivity contribution in [1.29, 1.82) is 0 Å². The summed E-state index contributed by atoms with van der Waals surface area (Å²) in [6.45, 7) is 15.6. The van der Waals surface area contributed by atoms with E-state index in [0.717, 1.165) is 19.3 Å². The second-order valence-electron chi connectivity index (χ2n) is 9.71. The zero-order valence-electron chi connectivity index (χ0n) is 17.3. The molecule has 1 N–H and O–H groups in total. The number of hydrogen-bond acceptors (Lipinski definition) is 4. The van der Waals surface area contributed by atoms with Crippen LogP contribution in [0, 0.1) is 28.6 Å². The van der Waals surface area contributed by atoms with Gasteiger partial charge in [0.2, 0.25) is 0 Å². The van der Waals surface area contributed by atoms with Gasteiger partial charge in [-0.3, -0.25) is 9.59 Å². The van der Waals surface area contributed by atoms with Gasteiger partial charge in [-0.05, 0) is 42.9 Å². The van der Waals surface area contributed by atoms with E-state index < -0.39 is 5.60 Å². The molecule has 0 aliphatic heterocycles.